The van der Waals surface area contributed by atoms with Crippen LogP contribution in [0.25, 0.3) is 0 Å². The molecule has 0 unspecified atom stereocenters. The normalized spacial score (nSPS) is 11.1. The Morgan fingerprint density at radius 1 is 0.938 bits per heavy atom. The molecule has 2 amide bonds. The number of amides is 2. The lowest BCUT2D eigenvalue weighted by Gasteiger charge is -2.13. The topological polar surface area (TPSA) is 104 Å². The van der Waals surface area contributed by atoms with E-state index in [1.54, 1.807) is 37.3 Å². The van der Waals surface area contributed by atoms with Gasteiger partial charge in [-0.1, -0.05) is 48.0 Å². The van der Waals surface area contributed by atoms with Crippen LogP contribution in [-0.2, 0) is 16.6 Å². The van der Waals surface area contributed by atoms with Crippen molar-refractivity contribution >= 4 is 39.1 Å². The van der Waals surface area contributed by atoms with Crippen molar-refractivity contribution < 1.29 is 18.0 Å². The van der Waals surface area contributed by atoms with E-state index in [1.165, 1.54) is 25.2 Å². The molecule has 0 aliphatic rings. The predicted octanol–water partition coefficient (Wildman–Crippen LogP) is 3.74. The molecule has 0 aliphatic carbocycles. The summed E-state index contributed by atoms with van der Waals surface area (Å²) in [7, 11) is -2.44. The van der Waals surface area contributed by atoms with Crippen molar-refractivity contribution in [2.75, 3.05) is 12.4 Å². The number of anilines is 1. The molecule has 0 aromatic heterocycles. The molecule has 0 bridgehead atoms. The molecular weight excluding hydrogens is 450 g/mol. The van der Waals surface area contributed by atoms with Gasteiger partial charge in [0.2, 0.25) is 10.0 Å². The highest BCUT2D eigenvalue weighted by molar-refractivity contribution is 7.89. The molecule has 0 saturated heterocycles. The molecule has 3 aromatic carbocycles. The van der Waals surface area contributed by atoms with Crippen LogP contribution in [0.15, 0.2) is 71.6 Å². The Hall–Kier alpha value is -3.20. The molecule has 0 atom stereocenters. The van der Waals surface area contributed by atoms with Gasteiger partial charge in [0, 0.05) is 30.4 Å². The number of halogens is 1. The number of carbonyl (C=O) groups excluding carboxylic acids is 2. The van der Waals surface area contributed by atoms with Gasteiger partial charge in [0.25, 0.3) is 11.8 Å². The average molecular weight is 472 g/mol. The van der Waals surface area contributed by atoms with Crippen molar-refractivity contribution in [2.24, 2.45) is 0 Å². The monoisotopic (exact) mass is 471 g/mol. The van der Waals surface area contributed by atoms with E-state index in [9.17, 15) is 18.0 Å². The van der Waals surface area contributed by atoms with Crippen molar-refractivity contribution in [3.63, 3.8) is 0 Å². The lowest BCUT2D eigenvalue weighted by molar-refractivity contribution is 0.0960. The van der Waals surface area contributed by atoms with Gasteiger partial charge in [-0.15, -0.1) is 0 Å². The van der Waals surface area contributed by atoms with Gasteiger partial charge in [0.1, 0.15) is 4.90 Å². The van der Waals surface area contributed by atoms with Crippen LogP contribution in [0.4, 0.5) is 5.69 Å². The van der Waals surface area contributed by atoms with Gasteiger partial charge in [-0.2, -0.15) is 0 Å². The molecule has 0 aliphatic heterocycles. The Labute approximate surface area is 191 Å². The SMILES string of the molecule is CNC(=O)c1cccc(NC(=O)c2ccc(Cl)c(S(=O)(=O)NCc3ccccc3)c2)c1C. The zero-order valence-corrected chi connectivity index (χ0v) is 19.0. The quantitative estimate of drug-likeness (QED) is 0.488. The van der Waals surface area contributed by atoms with Crippen molar-refractivity contribution in [1.82, 2.24) is 10.0 Å². The highest BCUT2D eigenvalue weighted by Gasteiger charge is 2.21. The number of hydrogen-bond donors (Lipinski definition) is 3. The van der Waals surface area contributed by atoms with Gasteiger partial charge in [-0.3, -0.25) is 9.59 Å². The lowest BCUT2D eigenvalue weighted by atomic mass is 10.1. The maximum absolute atomic E-state index is 12.8. The van der Waals surface area contributed by atoms with E-state index < -0.39 is 15.9 Å². The van der Waals surface area contributed by atoms with E-state index in [2.05, 4.69) is 15.4 Å². The zero-order valence-electron chi connectivity index (χ0n) is 17.5. The Morgan fingerprint density at radius 2 is 1.66 bits per heavy atom. The summed E-state index contributed by atoms with van der Waals surface area (Å²) >= 11 is 6.13. The number of benzene rings is 3. The number of hydrogen-bond acceptors (Lipinski definition) is 4. The lowest BCUT2D eigenvalue weighted by Crippen LogP contribution is -2.24. The van der Waals surface area contributed by atoms with E-state index in [0.717, 1.165) is 5.56 Å². The zero-order chi connectivity index (χ0) is 23.3. The van der Waals surface area contributed by atoms with Crippen molar-refractivity contribution in [2.45, 2.75) is 18.4 Å². The van der Waals surface area contributed by atoms with Gasteiger partial charge in [0.15, 0.2) is 0 Å². The fraction of sp³-hybridized carbons (Fsp3) is 0.130. The largest absolute Gasteiger partial charge is 0.355 e. The van der Waals surface area contributed by atoms with Gasteiger partial charge in [0.05, 0.1) is 5.02 Å². The molecule has 3 N–H and O–H groups in total. The Bertz CT molecular complexity index is 1260. The summed E-state index contributed by atoms with van der Waals surface area (Å²) in [4.78, 5) is 24.6. The third kappa shape index (κ3) is 5.34. The first-order chi connectivity index (χ1) is 15.2. The fourth-order valence-corrected chi connectivity index (χ4v) is 4.59. The van der Waals surface area contributed by atoms with Crippen molar-refractivity contribution in [1.29, 1.82) is 0 Å². The molecule has 0 heterocycles. The standard InChI is InChI=1S/C23H22ClN3O4S/c1-15-18(23(29)25-2)9-6-10-20(15)27-22(28)17-11-12-19(24)21(13-17)32(30,31)26-14-16-7-4-3-5-8-16/h3-13,26H,14H2,1-2H3,(H,25,29)(H,27,28). The minimum Gasteiger partial charge on any atom is -0.355 e. The fourth-order valence-electron chi connectivity index (χ4n) is 3.05. The highest BCUT2D eigenvalue weighted by Crippen LogP contribution is 2.25. The van der Waals surface area contributed by atoms with Crippen LogP contribution in [0.1, 0.15) is 31.8 Å². The van der Waals surface area contributed by atoms with E-state index in [-0.39, 0.29) is 27.9 Å². The van der Waals surface area contributed by atoms with Gasteiger partial charge in [-0.05, 0) is 48.4 Å². The number of nitrogens with one attached hydrogen (secondary N) is 3. The molecule has 3 aromatic rings. The number of sulfonamides is 1. The summed E-state index contributed by atoms with van der Waals surface area (Å²) in [5.41, 5.74) is 2.35. The summed E-state index contributed by atoms with van der Waals surface area (Å²) in [6.07, 6.45) is 0. The van der Waals surface area contributed by atoms with E-state index in [4.69, 9.17) is 11.6 Å². The minimum absolute atomic E-state index is 0.0000866. The third-order valence-corrected chi connectivity index (χ3v) is 6.73. The first-order valence-corrected chi connectivity index (χ1v) is 11.5. The summed E-state index contributed by atoms with van der Waals surface area (Å²) < 4.78 is 28.1. The van der Waals surface area contributed by atoms with Crippen LogP contribution < -0.4 is 15.4 Å². The molecule has 3 rings (SSSR count). The summed E-state index contributed by atoms with van der Waals surface area (Å²) in [5, 5.41) is 5.27. The second kappa shape index (κ2) is 9.95. The Kier molecular flexibility index (Phi) is 7.29. The third-order valence-electron chi connectivity index (χ3n) is 4.85. The summed E-state index contributed by atoms with van der Waals surface area (Å²) in [5.74, 6) is -0.804. The van der Waals surface area contributed by atoms with Crippen LogP contribution in [-0.4, -0.2) is 27.3 Å². The maximum Gasteiger partial charge on any atom is 0.255 e. The molecule has 0 fully saturated rings. The maximum atomic E-state index is 12.8. The van der Waals surface area contributed by atoms with Crippen LogP contribution >= 0.6 is 11.6 Å². The molecule has 166 valence electrons. The van der Waals surface area contributed by atoms with Gasteiger partial charge < -0.3 is 10.6 Å². The second-order valence-corrected chi connectivity index (χ2v) is 9.11. The van der Waals surface area contributed by atoms with Crippen LogP contribution in [0.2, 0.25) is 5.02 Å². The molecule has 0 saturated carbocycles. The molecule has 32 heavy (non-hydrogen) atoms. The number of rotatable bonds is 7. The molecule has 0 radical (unpaired) electrons. The van der Waals surface area contributed by atoms with Gasteiger partial charge in [-0.25, -0.2) is 13.1 Å². The first-order valence-electron chi connectivity index (χ1n) is 9.69. The minimum atomic E-state index is -3.96. The number of carbonyl (C=O) groups is 2. The molecule has 0 spiro atoms. The molecular formula is C23H22ClN3O4S. The summed E-state index contributed by atoms with van der Waals surface area (Å²) in [6, 6.07) is 18.0. The van der Waals surface area contributed by atoms with Crippen LogP contribution in [0.5, 0.6) is 0 Å². The smallest absolute Gasteiger partial charge is 0.255 e. The molecule has 9 heteroatoms. The second-order valence-electron chi connectivity index (χ2n) is 6.97. The van der Waals surface area contributed by atoms with Crippen LogP contribution in [0.3, 0.4) is 0 Å². The van der Waals surface area contributed by atoms with Crippen molar-refractivity contribution in [3.8, 4) is 0 Å². The van der Waals surface area contributed by atoms with E-state index in [0.29, 0.717) is 16.8 Å². The highest BCUT2D eigenvalue weighted by atomic mass is 35.5. The Morgan fingerprint density at radius 3 is 2.34 bits per heavy atom. The molecule has 7 nitrogen and oxygen atoms in total. The van der Waals surface area contributed by atoms with Crippen LogP contribution in [0, 0.1) is 6.92 Å². The summed E-state index contributed by atoms with van der Waals surface area (Å²) in [6.45, 7) is 1.80. The Balaban J connectivity index is 1.84. The van der Waals surface area contributed by atoms with Gasteiger partial charge >= 0.3 is 0 Å². The van der Waals surface area contributed by atoms with Crippen molar-refractivity contribution in [3.05, 3.63) is 94.0 Å². The van der Waals surface area contributed by atoms with E-state index in [1.807, 2.05) is 18.2 Å². The first kappa shape index (κ1) is 23.5. The predicted molar refractivity (Wildman–Crippen MR) is 124 cm³/mol. The average Bonchev–Trinajstić information content (AvgIpc) is 2.79. The van der Waals surface area contributed by atoms with E-state index >= 15 is 0 Å².